The molecule has 1 saturated heterocycles. The SMILES string of the molecule is C[C@@H](c1cccnc1)N1CCN(C[C@@H](C#N)CCC#N)CC1. The molecule has 0 aromatic carbocycles. The van der Waals surface area contributed by atoms with Gasteiger partial charge in [-0.25, -0.2) is 0 Å². The zero-order valence-electron chi connectivity index (χ0n) is 13.1. The predicted octanol–water partition coefficient (Wildman–Crippen LogP) is 2.20. The Morgan fingerprint density at radius 1 is 1.27 bits per heavy atom. The lowest BCUT2D eigenvalue weighted by Crippen LogP contribution is -2.48. The van der Waals surface area contributed by atoms with Crippen molar-refractivity contribution in [2.75, 3.05) is 32.7 Å². The van der Waals surface area contributed by atoms with Crippen LogP contribution in [-0.2, 0) is 0 Å². The standard InChI is InChI=1S/C17H23N5/c1-15(17-5-3-7-20-13-17)22-10-8-21(9-11-22)14-16(12-19)4-2-6-18/h3,5,7,13,15-16H,2,4,8-11,14H2,1H3/t15-,16+/m0/s1. The molecule has 0 amide bonds. The van der Waals surface area contributed by atoms with E-state index in [1.54, 1.807) is 6.20 Å². The second-order valence-corrected chi connectivity index (χ2v) is 5.82. The number of nitriles is 2. The number of nitrogens with zero attached hydrogens (tertiary/aromatic N) is 5. The minimum absolute atomic E-state index is 0.0260. The zero-order valence-corrected chi connectivity index (χ0v) is 13.1. The zero-order chi connectivity index (χ0) is 15.8. The summed E-state index contributed by atoms with van der Waals surface area (Å²) in [7, 11) is 0. The molecule has 1 aliphatic heterocycles. The molecule has 2 heterocycles. The Labute approximate surface area is 132 Å². The molecule has 5 heteroatoms. The third-order valence-corrected chi connectivity index (χ3v) is 4.39. The summed E-state index contributed by atoms with van der Waals surface area (Å²) in [4.78, 5) is 9.00. The lowest BCUT2D eigenvalue weighted by Gasteiger charge is -2.38. The van der Waals surface area contributed by atoms with Crippen LogP contribution in [0.1, 0.15) is 31.4 Å². The van der Waals surface area contributed by atoms with Crippen LogP contribution in [0.2, 0.25) is 0 Å². The molecule has 2 atom stereocenters. The molecule has 22 heavy (non-hydrogen) atoms. The Balaban J connectivity index is 1.80. The maximum absolute atomic E-state index is 9.17. The highest BCUT2D eigenvalue weighted by atomic mass is 15.3. The third-order valence-electron chi connectivity index (χ3n) is 4.39. The number of aromatic nitrogens is 1. The van der Waals surface area contributed by atoms with Crippen molar-refractivity contribution in [2.45, 2.75) is 25.8 Å². The second kappa shape index (κ2) is 8.48. The Kier molecular flexibility index (Phi) is 6.33. The van der Waals surface area contributed by atoms with Crippen LogP contribution in [-0.4, -0.2) is 47.5 Å². The van der Waals surface area contributed by atoms with Crippen LogP contribution in [0.25, 0.3) is 0 Å². The summed E-state index contributed by atoms with van der Waals surface area (Å²) in [6.07, 6.45) is 4.89. The predicted molar refractivity (Wildman–Crippen MR) is 84.6 cm³/mol. The van der Waals surface area contributed by atoms with Crippen molar-refractivity contribution in [1.82, 2.24) is 14.8 Å². The van der Waals surface area contributed by atoms with Crippen molar-refractivity contribution in [1.29, 1.82) is 10.5 Å². The molecule has 2 rings (SSSR count). The lowest BCUT2D eigenvalue weighted by molar-refractivity contribution is 0.0954. The van der Waals surface area contributed by atoms with Gasteiger partial charge in [-0.2, -0.15) is 10.5 Å². The van der Waals surface area contributed by atoms with Crippen LogP contribution in [0.15, 0.2) is 24.5 Å². The minimum Gasteiger partial charge on any atom is -0.299 e. The van der Waals surface area contributed by atoms with E-state index in [2.05, 4.69) is 39.9 Å². The van der Waals surface area contributed by atoms with Gasteiger partial charge in [-0.3, -0.25) is 14.8 Å². The van der Waals surface area contributed by atoms with Gasteiger partial charge in [0.25, 0.3) is 0 Å². The van der Waals surface area contributed by atoms with E-state index in [4.69, 9.17) is 10.5 Å². The fourth-order valence-corrected chi connectivity index (χ4v) is 2.91. The molecule has 0 aliphatic carbocycles. The van der Waals surface area contributed by atoms with Crippen LogP contribution in [0.3, 0.4) is 0 Å². The van der Waals surface area contributed by atoms with Crippen molar-refractivity contribution in [2.24, 2.45) is 5.92 Å². The first-order valence-electron chi connectivity index (χ1n) is 7.87. The number of rotatable bonds is 6. The summed E-state index contributed by atoms with van der Waals surface area (Å²) >= 11 is 0. The van der Waals surface area contributed by atoms with Gasteiger partial charge in [-0.05, 0) is 25.0 Å². The number of hydrogen-bond donors (Lipinski definition) is 0. The first-order chi connectivity index (χ1) is 10.7. The summed E-state index contributed by atoms with van der Waals surface area (Å²) in [5, 5.41) is 17.8. The smallest absolute Gasteiger partial charge is 0.0669 e. The highest BCUT2D eigenvalue weighted by molar-refractivity contribution is 5.13. The molecule has 1 aliphatic rings. The van der Waals surface area contributed by atoms with E-state index < -0.39 is 0 Å². The maximum Gasteiger partial charge on any atom is 0.0669 e. The summed E-state index contributed by atoms with van der Waals surface area (Å²) in [5.41, 5.74) is 1.25. The molecule has 116 valence electrons. The van der Waals surface area contributed by atoms with Gasteiger partial charge in [0.2, 0.25) is 0 Å². The number of piperazine rings is 1. The molecular weight excluding hydrogens is 274 g/mol. The van der Waals surface area contributed by atoms with Crippen LogP contribution in [0.4, 0.5) is 0 Å². The van der Waals surface area contributed by atoms with Crippen molar-refractivity contribution >= 4 is 0 Å². The van der Waals surface area contributed by atoms with Crippen LogP contribution >= 0.6 is 0 Å². The first-order valence-corrected chi connectivity index (χ1v) is 7.87. The lowest BCUT2D eigenvalue weighted by atomic mass is 10.0. The molecule has 0 radical (unpaired) electrons. The van der Waals surface area contributed by atoms with Gasteiger partial charge in [0.05, 0.1) is 18.1 Å². The molecular formula is C17H23N5. The summed E-state index contributed by atoms with van der Waals surface area (Å²) in [6, 6.07) is 8.94. The van der Waals surface area contributed by atoms with E-state index in [0.717, 1.165) is 32.7 Å². The summed E-state index contributed by atoms with van der Waals surface area (Å²) < 4.78 is 0. The van der Waals surface area contributed by atoms with Gasteiger partial charge in [-0.15, -0.1) is 0 Å². The average molecular weight is 297 g/mol. The molecule has 0 spiro atoms. The van der Waals surface area contributed by atoms with E-state index in [-0.39, 0.29) is 5.92 Å². The van der Waals surface area contributed by atoms with E-state index in [9.17, 15) is 0 Å². The molecule has 0 N–H and O–H groups in total. The van der Waals surface area contributed by atoms with Gasteiger partial charge in [0.15, 0.2) is 0 Å². The molecule has 0 unspecified atom stereocenters. The fourth-order valence-electron chi connectivity index (χ4n) is 2.91. The van der Waals surface area contributed by atoms with Crippen molar-refractivity contribution in [3.8, 4) is 12.1 Å². The Hall–Kier alpha value is -1.95. The number of hydrogen-bond acceptors (Lipinski definition) is 5. The molecule has 0 bridgehead atoms. The average Bonchev–Trinajstić information content (AvgIpc) is 2.59. The van der Waals surface area contributed by atoms with Gasteiger partial charge < -0.3 is 0 Å². The Morgan fingerprint density at radius 3 is 2.64 bits per heavy atom. The van der Waals surface area contributed by atoms with Crippen molar-refractivity contribution in [3.63, 3.8) is 0 Å². The normalized spacial score (nSPS) is 19.0. The maximum atomic E-state index is 9.17. The monoisotopic (exact) mass is 297 g/mol. The third kappa shape index (κ3) is 4.53. The molecule has 0 saturated carbocycles. The van der Waals surface area contributed by atoms with Crippen LogP contribution < -0.4 is 0 Å². The fraction of sp³-hybridized carbons (Fsp3) is 0.588. The van der Waals surface area contributed by atoms with Crippen molar-refractivity contribution in [3.05, 3.63) is 30.1 Å². The first kappa shape index (κ1) is 16.4. The van der Waals surface area contributed by atoms with E-state index in [1.165, 1.54) is 5.56 Å². The van der Waals surface area contributed by atoms with E-state index in [1.807, 2.05) is 12.3 Å². The summed E-state index contributed by atoms with van der Waals surface area (Å²) in [5.74, 6) is -0.0260. The Bertz CT molecular complexity index is 522. The highest BCUT2D eigenvalue weighted by Gasteiger charge is 2.23. The van der Waals surface area contributed by atoms with Crippen LogP contribution in [0, 0.1) is 28.6 Å². The van der Waals surface area contributed by atoms with E-state index in [0.29, 0.717) is 18.9 Å². The summed E-state index contributed by atoms with van der Waals surface area (Å²) in [6.45, 7) is 6.98. The molecule has 1 fully saturated rings. The van der Waals surface area contributed by atoms with E-state index >= 15 is 0 Å². The van der Waals surface area contributed by atoms with Crippen molar-refractivity contribution < 1.29 is 0 Å². The molecule has 1 aromatic rings. The topological polar surface area (TPSA) is 67.0 Å². The quantitative estimate of drug-likeness (QED) is 0.805. The number of pyridine rings is 1. The second-order valence-electron chi connectivity index (χ2n) is 5.82. The van der Waals surface area contributed by atoms with Gasteiger partial charge in [0, 0.05) is 57.6 Å². The highest BCUT2D eigenvalue weighted by Crippen LogP contribution is 2.21. The van der Waals surface area contributed by atoms with Gasteiger partial charge in [0.1, 0.15) is 0 Å². The van der Waals surface area contributed by atoms with Gasteiger partial charge >= 0.3 is 0 Å². The molecule has 5 nitrogen and oxygen atoms in total. The minimum atomic E-state index is -0.0260. The van der Waals surface area contributed by atoms with Crippen LogP contribution in [0.5, 0.6) is 0 Å². The largest absolute Gasteiger partial charge is 0.299 e. The molecule has 1 aromatic heterocycles. The van der Waals surface area contributed by atoms with Gasteiger partial charge in [-0.1, -0.05) is 6.07 Å². The Morgan fingerprint density at radius 2 is 2.05 bits per heavy atom.